The van der Waals surface area contributed by atoms with E-state index in [1.165, 1.54) is 11.0 Å². The Hall–Kier alpha value is -2.37. The molecule has 0 atom stereocenters. The number of aromatic nitrogens is 3. The second-order valence-electron chi connectivity index (χ2n) is 3.87. The minimum Gasteiger partial charge on any atom is -0.496 e. The number of methoxy groups -OCH3 is 1. The number of hydrogen-bond donors (Lipinski definition) is 1. The van der Waals surface area contributed by atoms with Gasteiger partial charge >= 0.3 is 5.97 Å². The molecule has 6 nitrogen and oxygen atoms in total. The molecule has 0 saturated carbocycles. The van der Waals surface area contributed by atoms with Crippen molar-refractivity contribution in [1.82, 2.24) is 15.0 Å². The van der Waals surface area contributed by atoms with Crippen molar-refractivity contribution in [2.45, 2.75) is 13.5 Å². The Morgan fingerprint density at radius 2 is 2.28 bits per heavy atom. The number of hydrogen-bond acceptors (Lipinski definition) is 4. The fourth-order valence-corrected chi connectivity index (χ4v) is 1.67. The minimum atomic E-state index is -1.08. The predicted octanol–water partition coefficient (Wildman–Crippen LogP) is 1.34. The van der Waals surface area contributed by atoms with Crippen LogP contribution in [-0.4, -0.2) is 33.2 Å². The van der Waals surface area contributed by atoms with Crippen molar-refractivity contribution in [2.75, 3.05) is 7.11 Å². The topological polar surface area (TPSA) is 77.2 Å². The number of carbonyl (C=O) groups is 1. The van der Waals surface area contributed by atoms with E-state index in [0.717, 1.165) is 16.9 Å². The van der Waals surface area contributed by atoms with E-state index >= 15 is 0 Å². The lowest BCUT2D eigenvalue weighted by Crippen LogP contribution is -2.06. The third-order valence-corrected chi connectivity index (χ3v) is 2.54. The van der Waals surface area contributed by atoms with Crippen LogP contribution in [0.5, 0.6) is 5.75 Å². The highest BCUT2D eigenvalue weighted by Gasteiger charge is 2.08. The molecule has 0 spiro atoms. The molecule has 1 aromatic heterocycles. The van der Waals surface area contributed by atoms with Gasteiger partial charge in [-0.25, -0.2) is 4.79 Å². The Kier molecular flexibility index (Phi) is 3.27. The summed E-state index contributed by atoms with van der Waals surface area (Å²) in [6.07, 6.45) is 1.23. The number of carboxylic acids is 1. The van der Waals surface area contributed by atoms with Gasteiger partial charge in [0, 0.05) is 0 Å². The van der Waals surface area contributed by atoms with E-state index in [-0.39, 0.29) is 5.69 Å². The van der Waals surface area contributed by atoms with Crippen LogP contribution >= 0.6 is 0 Å². The second-order valence-corrected chi connectivity index (χ2v) is 3.87. The molecule has 2 rings (SSSR count). The van der Waals surface area contributed by atoms with Gasteiger partial charge in [0.25, 0.3) is 0 Å². The molecule has 0 aliphatic rings. The van der Waals surface area contributed by atoms with Gasteiger partial charge in [0.2, 0.25) is 0 Å². The third-order valence-electron chi connectivity index (χ3n) is 2.54. The summed E-state index contributed by atoms with van der Waals surface area (Å²) < 4.78 is 5.17. The zero-order chi connectivity index (χ0) is 13.1. The molecule has 0 fully saturated rings. The summed E-state index contributed by atoms with van der Waals surface area (Å²) >= 11 is 0. The smallest absolute Gasteiger partial charge is 0.358 e. The number of aromatic carboxylic acids is 1. The first-order valence-electron chi connectivity index (χ1n) is 5.37. The molecule has 2 aromatic rings. The number of rotatable bonds is 4. The number of aryl methyl sites for hydroxylation is 1. The molecule has 94 valence electrons. The first-order valence-corrected chi connectivity index (χ1v) is 5.37. The van der Waals surface area contributed by atoms with Crippen LogP contribution in [0.25, 0.3) is 0 Å². The van der Waals surface area contributed by atoms with E-state index in [1.54, 1.807) is 7.11 Å². The van der Waals surface area contributed by atoms with Crippen molar-refractivity contribution in [2.24, 2.45) is 0 Å². The van der Waals surface area contributed by atoms with Crippen molar-refractivity contribution < 1.29 is 14.6 Å². The van der Waals surface area contributed by atoms with Crippen LogP contribution in [0.2, 0.25) is 0 Å². The molecule has 0 aliphatic carbocycles. The Bertz CT molecular complexity index is 578. The highest BCUT2D eigenvalue weighted by Crippen LogP contribution is 2.18. The molecule has 0 saturated heterocycles. The standard InChI is InChI=1S/C12H13N3O3/c1-8-5-9(3-4-11(8)18-2)7-15-13-6-10(14-15)12(16)17/h3-6H,7H2,1-2H3,(H,16,17). The number of carboxylic acid groups (broad SMARTS) is 1. The average molecular weight is 247 g/mol. The molecule has 0 radical (unpaired) electrons. The quantitative estimate of drug-likeness (QED) is 0.882. The summed E-state index contributed by atoms with van der Waals surface area (Å²) in [4.78, 5) is 12.0. The van der Waals surface area contributed by atoms with Gasteiger partial charge in [-0.2, -0.15) is 9.90 Å². The van der Waals surface area contributed by atoms with E-state index in [0.29, 0.717) is 6.54 Å². The van der Waals surface area contributed by atoms with Crippen LogP contribution in [0.3, 0.4) is 0 Å². The van der Waals surface area contributed by atoms with E-state index in [4.69, 9.17) is 9.84 Å². The summed E-state index contributed by atoms with van der Waals surface area (Å²) in [5.74, 6) is -0.259. The summed E-state index contributed by atoms with van der Waals surface area (Å²) in [6.45, 7) is 2.37. The maximum absolute atomic E-state index is 10.7. The fourth-order valence-electron chi connectivity index (χ4n) is 1.67. The van der Waals surface area contributed by atoms with Gasteiger partial charge in [0.1, 0.15) is 5.75 Å². The molecule has 0 unspecified atom stereocenters. The van der Waals surface area contributed by atoms with Gasteiger partial charge in [-0.15, -0.1) is 5.10 Å². The highest BCUT2D eigenvalue weighted by atomic mass is 16.5. The SMILES string of the molecule is COc1ccc(Cn2ncc(C(=O)O)n2)cc1C. The van der Waals surface area contributed by atoms with Crippen LogP contribution in [0.1, 0.15) is 21.6 Å². The molecule has 1 aromatic carbocycles. The van der Waals surface area contributed by atoms with E-state index in [2.05, 4.69) is 10.2 Å². The van der Waals surface area contributed by atoms with E-state index < -0.39 is 5.97 Å². The molecule has 1 N–H and O–H groups in total. The molecular formula is C12H13N3O3. The predicted molar refractivity (Wildman–Crippen MR) is 63.8 cm³/mol. The first-order chi connectivity index (χ1) is 8.60. The monoisotopic (exact) mass is 247 g/mol. The van der Waals surface area contributed by atoms with Gasteiger partial charge in [-0.1, -0.05) is 12.1 Å². The molecule has 1 heterocycles. The van der Waals surface area contributed by atoms with Crippen molar-refractivity contribution in [3.63, 3.8) is 0 Å². The van der Waals surface area contributed by atoms with Gasteiger partial charge in [-0.05, 0) is 24.1 Å². The lowest BCUT2D eigenvalue weighted by atomic mass is 10.1. The third kappa shape index (κ3) is 2.48. The van der Waals surface area contributed by atoms with Crippen LogP contribution in [0.4, 0.5) is 0 Å². The molecule has 6 heteroatoms. The zero-order valence-corrected chi connectivity index (χ0v) is 10.1. The van der Waals surface area contributed by atoms with Crippen LogP contribution in [0.15, 0.2) is 24.4 Å². The largest absolute Gasteiger partial charge is 0.496 e. The Morgan fingerprint density at radius 1 is 1.50 bits per heavy atom. The van der Waals surface area contributed by atoms with Crippen LogP contribution in [-0.2, 0) is 6.54 Å². The molecule has 0 bridgehead atoms. The average Bonchev–Trinajstić information content (AvgIpc) is 2.78. The number of ether oxygens (including phenoxy) is 1. The lowest BCUT2D eigenvalue weighted by molar-refractivity contribution is 0.0689. The maximum atomic E-state index is 10.7. The van der Waals surface area contributed by atoms with Crippen molar-refractivity contribution >= 4 is 5.97 Å². The summed E-state index contributed by atoms with van der Waals surface area (Å²) in [6, 6.07) is 5.73. The number of benzene rings is 1. The van der Waals surface area contributed by atoms with Gasteiger partial charge < -0.3 is 9.84 Å². The Balaban J connectivity index is 2.18. The van der Waals surface area contributed by atoms with Crippen LogP contribution in [0, 0.1) is 6.92 Å². The minimum absolute atomic E-state index is 0.0553. The Labute approximate surface area is 104 Å². The summed E-state index contributed by atoms with van der Waals surface area (Å²) in [5, 5.41) is 16.5. The molecule has 0 amide bonds. The van der Waals surface area contributed by atoms with Crippen molar-refractivity contribution in [3.05, 3.63) is 41.2 Å². The summed E-state index contributed by atoms with van der Waals surface area (Å²) in [7, 11) is 1.62. The molecular weight excluding hydrogens is 234 g/mol. The van der Waals surface area contributed by atoms with Crippen LogP contribution < -0.4 is 4.74 Å². The normalized spacial score (nSPS) is 10.3. The lowest BCUT2D eigenvalue weighted by Gasteiger charge is -2.06. The molecule has 18 heavy (non-hydrogen) atoms. The van der Waals surface area contributed by atoms with Gasteiger partial charge in [0.15, 0.2) is 5.69 Å². The summed E-state index contributed by atoms with van der Waals surface area (Å²) in [5.41, 5.74) is 1.95. The number of nitrogens with zero attached hydrogens (tertiary/aromatic N) is 3. The second kappa shape index (κ2) is 4.87. The molecule has 0 aliphatic heterocycles. The van der Waals surface area contributed by atoms with E-state index in [9.17, 15) is 4.79 Å². The highest BCUT2D eigenvalue weighted by molar-refractivity contribution is 5.84. The van der Waals surface area contributed by atoms with Crippen molar-refractivity contribution in [3.8, 4) is 5.75 Å². The zero-order valence-electron chi connectivity index (χ0n) is 10.1. The van der Waals surface area contributed by atoms with Gasteiger partial charge in [-0.3, -0.25) is 0 Å². The fraction of sp³-hybridized carbons (Fsp3) is 0.250. The van der Waals surface area contributed by atoms with Gasteiger partial charge in [0.05, 0.1) is 19.9 Å². The Morgan fingerprint density at radius 3 is 2.83 bits per heavy atom. The first kappa shape index (κ1) is 12.1. The van der Waals surface area contributed by atoms with E-state index in [1.807, 2.05) is 25.1 Å². The maximum Gasteiger partial charge on any atom is 0.358 e. The van der Waals surface area contributed by atoms with Crippen molar-refractivity contribution in [1.29, 1.82) is 0 Å².